The zero-order valence-corrected chi connectivity index (χ0v) is 18.3. The Bertz CT molecular complexity index is 1120. The lowest BCUT2D eigenvalue weighted by molar-refractivity contribution is -0.144. The summed E-state index contributed by atoms with van der Waals surface area (Å²) in [6, 6.07) is 6.83. The molecule has 32 heavy (non-hydrogen) atoms. The Morgan fingerprint density at radius 1 is 1.19 bits per heavy atom. The Morgan fingerprint density at radius 3 is 2.44 bits per heavy atom. The van der Waals surface area contributed by atoms with Crippen LogP contribution in [0.3, 0.4) is 0 Å². The molecule has 2 aromatic carbocycles. The highest BCUT2D eigenvalue weighted by molar-refractivity contribution is 7.89. The van der Waals surface area contributed by atoms with Crippen molar-refractivity contribution in [2.75, 3.05) is 26.3 Å². The second-order valence-corrected chi connectivity index (χ2v) is 9.31. The zero-order chi connectivity index (χ0) is 23.7. The van der Waals surface area contributed by atoms with Crippen molar-refractivity contribution in [2.45, 2.75) is 24.1 Å². The number of hydrogen-bond donors (Lipinski definition) is 1. The fourth-order valence-corrected chi connectivity index (χ4v) is 4.91. The minimum absolute atomic E-state index is 0.0128. The van der Waals surface area contributed by atoms with Crippen LogP contribution >= 0.6 is 11.6 Å². The third-order valence-electron chi connectivity index (χ3n) is 4.78. The predicted molar refractivity (Wildman–Crippen MR) is 109 cm³/mol. The number of hydrogen-bond acceptors (Lipinski definition) is 5. The summed E-state index contributed by atoms with van der Waals surface area (Å²) in [7, 11) is -4.43. The molecule has 0 unspecified atom stereocenters. The first kappa shape index (κ1) is 24.3. The molecule has 0 aliphatic carbocycles. The average molecular weight is 494 g/mol. The lowest BCUT2D eigenvalue weighted by atomic mass is 10.0. The standard InChI is InChI=1S/C20H19ClF3NO6S/c1-12(19(26)27)31-17-4-3-14(21)11-15(17)13-2-5-18(16(10-13)20(22,23)24)32(28,29)25-6-8-30-9-7-25/h2-5,10-12H,6-9H2,1H3,(H,26,27)/t12-/m0/s1. The van der Waals surface area contributed by atoms with Crippen molar-refractivity contribution < 1.29 is 41.0 Å². The molecule has 7 nitrogen and oxygen atoms in total. The summed E-state index contributed by atoms with van der Waals surface area (Å²) in [4.78, 5) is 10.3. The number of sulfonamides is 1. The number of ether oxygens (including phenoxy) is 2. The number of nitrogens with zero attached hydrogens (tertiary/aromatic N) is 1. The van der Waals surface area contributed by atoms with Crippen molar-refractivity contribution in [3.63, 3.8) is 0 Å². The van der Waals surface area contributed by atoms with Gasteiger partial charge >= 0.3 is 12.1 Å². The van der Waals surface area contributed by atoms with E-state index in [1.54, 1.807) is 0 Å². The van der Waals surface area contributed by atoms with Crippen molar-refractivity contribution in [3.8, 4) is 16.9 Å². The number of carboxylic acid groups (broad SMARTS) is 1. The molecule has 1 aliphatic rings. The quantitative estimate of drug-likeness (QED) is 0.656. The van der Waals surface area contributed by atoms with Crippen LogP contribution in [0.5, 0.6) is 5.75 Å². The van der Waals surface area contributed by atoms with E-state index in [0.29, 0.717) is 6.07 Å². The maximum Gasteiger partial charge on any atom is 0.417 e. The summed E-state index contributed by atoms with van der Waals surface area (Å²) < 4.78 is 78.9. The molecule has 12 heteroatoms. The first-order valence-electron chi connectivity index (χ1n) is 9.40. The van der Waals surface area contributed by atoms with E-state index >= 15 is 0 Å². The van der Waals surface area contributed by atoms with Gasteiger partial charge in [-0.3, -0.25) is 0 Å². The summed E-state index contributed by atoms with van der Waals surface area (Å²) >= 11 is 5.99. The summed E-state index contributed by atoms with van der Waals surface area (Å²) in [6.07, 6.45) is -6.25. The molecule has 1 N–H and O–H groups in total. The van der Waals surface area contributed by atoms with Crippen molar-refractivity contribution in [2.24, 2.45) is 0 Å². The highest BCUT2D eigenvalue weighted by Gasteiger charge is 2.40. The number of aliphatic carboxylic acids is 1. The monoisotopic (exact) mass is 493 g/mol. The molecule has 0 saturated carbocycles. The van der Waals surface area contributed by atoms with Gasteiger partial charge in [0, 0.05) is 23.7 Å². The van der Waals surface area contributed by atoms with Crippen molar-refractivity contribution in [3.05, 3.63) is 47.0 Å². The van der Waals surface area contributed by atoms with E-state index in [2.05, 4.69) is 0 Å². The number of morpholine rings is 1. The maximum absolute atomic E-state index is 13.9. The molecule has 0 bridgehead atoms. The Hall–Kier alpha value is -2.34. The van der Waals surface area contributed by atoms with Crippen LogP contribution in [0.4, 0.5) is 13.2 Å². The molecule has 1 aliphatic heterocycles. The maximum atomic E-state index is 13.9. The van der Waals surface area contributed by atoms with Crippen molar-refractivity contribution in [1.29, 1.82) is 0 Å². The summed E-state index contributed by atoms with van der Waals surface area (Å²) in [5, 5.41) is 9.25. The largest absolute Gasteiger partial charge is 0.479 e. The Balaban J connectivity index is 2.13. The molecule has 1 saturated heterocycles. The van der Waals surface area contributed by atoms with Crippen LogP contribution in [0.25, 0.3) is 11.1 Å². The number of rotatable bonds is 6. The lowest BCUT2D eigenvalue weighted by Gasteiger charge is -2.27. The number of benzene rings is 2. The number of carboxylic acids is 1. The van der Waals surface area contributed by atoms with Gasteiger partial charge in [-0.2, -0.15) is 17.5 Å². The van der Waals surface area contributed by atoms with E-state index in [-0.39, 0.29) is 48.2 Å². The van der Waals surface area contributed by atoms with E-state index < -0.39 is 38.7 Å². The fraction of sp³-hybridized carbons (Fsp3) is 0.350. The molecular weight excluding hydrogens is 475 g/mol. The average Bonchev–Trinajstić information content (AvgIpc) is 2.74. The van der Waals surface area contributed by atoms with Crippen LogP contribution in [0.15, 0.2) is 41.3 Å². The Morgan fingerprint density at radius 2 is 1.84 bits per heavy atom. The van der Waals surface area contributed by atoms with Crippen LogP contribution in [-0.2, 0) is 25.7 Å². The van der Waals surface area contributed by atoms with Crippen LogP contribution in [0, 0.1) is 0 Å². The Labute approximate surface area is 187 Å². The molecule has 3 rings (SSSR count). The molecule has 1 fully saturated rings. The molecule has 0 radical (unpaired) electrons. The number of alkyl halides is 3. The van der Waals surface area contributed by atoms with E-state index in [1.165, 1.54) is 31.2 Å². The number of halogens is 4. The number of carbonyl (C=O) groups is 1. The topological polar surface area (TPSA) is 93.1 Å². The van der Waals surface area contributed by atoms with E-state index in [0.717, 1.165) is 10.4 Å². The van der Waals surface area contributed by atoms with Gasteiger partial charge in [0.05, 0.1) is 23.7 Å². The van der Waals surface area contributed by atoms with Crippen LogP contribution < -0.4 is 4.74 Å². The lowest BCUT2D eigenvalue weighted by Crippen LogP contribution is -2.41. The van der Waals surface area contributed by atoms with Crippen LogP contribution in [-0.4, -0.2) is 56.2 Å². The normalized spacial score (nSPS) is 16.5. The van der Waals surface area contributed by atoms with Crippen LogP contribution in [0.1, 0.15) is 12.5 Å². The third kappa shape index (κ3) is 5.17. The van der Waals surface area contributed by atoms with Gasteiger partial charge in [0.1, 0.15) is 5.75 Å². The highest BCUT2D eigenvalue weighted by Crippen LogP contribution is 2.40. The SMILES string of the molecule is C[C@H](Oc1ccc(Cl)cc1-c1ccc(S(=O)(=O)N2CCOCC2)c(C(F)(F)F)c1)C(=O)O. The first-order chi connectivity index (χ1) is 14.9. The summed E-state index contributed by atoms with van der Waals surface area (Å²) in [5.41, 5.74) is -1.29. The molecule has 1 heterocycles. The van der Waals surface area contributed by atoms with Crippen LogP contribution in [0.2, 0.25) is 5.02 Å². The zero-order valence-electron chi connectivity index (χ0n) is 16.7. The predicted octanol–water partition coefficient (Wildman–Crippen LogP) is 3.90. The third-order valence-corrected chi connectivity index (χ3v) is 6.97. The van der Waals surface area contributed by atoms with Gasteiger partial charge in [-0.1, -0.05) is 17.7 Å². The smallest absolute Gasteiger partial charge is 0.417 e. The molecule has 2 aromatic rings. The molecular formula is C20H19ClF3NO6S. The van der Waals surface area contributed by atoms with Crippen molar-refractivity contribution in [1.82, 2.24) is 4.31 Å². The second kappa shape index (κ2) is 9.26. The van der Waals surface area contributed by atoms with E-state index in [9.17, 15) is 26.4 Å². The first-order valence-corrected chi connectivity index (χ1v) is 11.2. The van der Waals surface area contributed by atoms with Gasteiger partial charge < -0.3 is 14.6 Å². The van der Waals surface area contributed by atoms with Gasteiger partial charge in [-0.05, 0) is 42.8 Å². The highest BCUT2D eigenvalue weighted by atomic mass is 35.5. The second-order valence-electron chi connectivity index (χ2n) is 6.96. The molecule has 0 amide bonds. The summed E-state index contributed by atoms with van der Waals surface area (Å²) in [6.45, 7) is 1.33. The molecule has 1 atom stereocenters. The van der Waals surface area contributed by atoms with Gasteiger partial charge in [0.2, 0.25) is 10.0 Å². The van der Waals surface area contributed by atoms with E-state index in [1.807, 2.05) is 0 Å². The summed E-state index contributed by atoms with van der Waals surface area (Å²) in [5.74, 6) is -1.28. The molecule has 0 aromatic heterocycles. The van der Waals surface area contributed by atoms with Gasteiger partial charge in [-0.25, -0.2) is 13.2 Å². The molecule has 0 spiro atoms. The van der Waals surface area contributed by atoms with Gasteiger partial charge in [0.25, 0.3) is 0 Å². The van der Waals surface area contributed by atoms with E-state index in [4.69, 9.17) is 26.2 Å². The minimum Gasteiger partial charge on any atom is -0.479 e. The minimum atomic E-state index is -4.97. The molecule has 174 valence electrons. The van der Waals surface area contributed by atoms with Gasteiger partial charge in [-0.15, -0.1) is 0 Å². The fourth-order valence-electron chi connectivity index (χ4n) is 3.14. The van der Waals surface area contributed by atoms with Gasteiger partial charge in [0.15, 0.2) is 6.10 Å². The Kier molecular flexibility index (Phi) is 7.03. The van der Waals surface area contributed by atoms with Crippen molar-refractivity contribution >= 4 is 27.6 Å².